The summed E-state index contributed by atoms with van der Waals surface area (Å²) in [6.45, 7) is 8.86. The van der Waals surface area contributed by atoms with Crippen molar-refractivity contribution in [2.24, 2.45) is 10.4 Å². The number of rotatable bonds is 5. The lowest BCUT2D eigenvalue weighted by Crippen LogP contribution is -2.42. The number of thioether (sulfide) groups is 1. The van der Waals surface area contributed by atoms with Gasteiger partial charge >= 0.3 is 0 Å². The van der Waals surface area contributed by atoms with Crippen molar-refractivity contribution < 1.29 is 9.53 Å². The lowest BCUT2D eigenvalue weighted by Gasteiger charge is -2.33. The Kier molecular flexibility index (Phi) is 6.36. The van der Waals surface area contributed by atoms with Crippen LogP contribution in [0.5, 0.6) is 0 Å². The summed E-state index contributed by atoms with van der Waals surface area (Å²) in [4.78, 5) is 18.6. The zero-order valence-corrected chi connectivity index (χ0v) is 14.0. The van der Waals surface area contributed by atoms with Crippen LogP contribution in [0, 0.1) is 5.41 Å². The van der Waals surface area contributed by atoms with Gasteiger partial charge in [-0.25, -0.2) is 0 Å². The first-order valence-electron chi connectivity index (χ1n) is 7.96. The first-order chi connectivity index (χ1) is 10.2. The van der Waals surface area contributed by atoms with Crippen LogP contribution in [0.2, 0.25) is 0 Å². The van der Waals surface area contributed by atoms with Crippen molar-refractivity contribution in [1.29, 1.82) is 0 Å². The topological polar surface area (TPSA) is 53.9 Å². The number of amides is 1. The van der Waals surface area contributed by atoms with Gasteiger partial charge in [-0.3, -0.25) is 9.79 Å². The van der Waals surface area contributed by atoms with Crippen molar-refractivity contribution in [3.05, 3.63) is 0 Å². The Morgan fingerprint density at radius 2 is 2.10 bits per heavy atom. The average Bonchev–Trinajstić information content (AvgIpc) is 2.56. The Labute approximate surface area is 131 Å². The lowest BCUT2D eigenvalue weighted by molar-refractivity contribution is -0.135. The summed E-state index contributed by atoms with van der Waals surface area (Å²) in [7, 11) is 0. The Hall–Kier alpha value is -0.750. The number of nitrogens with one attached hydrogen (secondary N) is 1. The molecule has 1 saturated heterocycles. The van der Waals surface area contributed by atoms with Crippen molar-refractivity contribution in [2.45, 2.75) is 33.1 Å². The zero-order valence-electron chi connectivity index (χ0n) is 13.2. The van der Waals surface area contributed by atoms with Gasteiger partial charge < -0.3 is 15.0 Å². The van der Waals surface area contributed by atoms with Crippen LogP contribution in [-0.2, 0) is 9.53 Å². The minimum atomic E-state index is 0.212. The second kappa shape index (κ2) is 8.03. The smallest absolute Gasteiger partial charge is 0.224 e. The molecule has 0 aromatic rings. The van der Waals surface area contributed by atoms with Crippen LogP contribution in [0.1, 0.15) is 33.1 Å². The predicted molar refractivity (Wildman–Crippen MR) is 87.8 cm³/mol. The summed E-state index contributed by atoms with van der Waals surface area (Å²) in [5.41, 5.74) is 0.374. The van der Waals surface area contributed by atoms with E-state index in [4.69, 9.17) is 4.74 Å². The van der Waals surface area contributed by atoms with Crippen molar-refractivity contribution in [1.82, 2.24) is 10.2 Å². The highest BCUT2D eigenvalue weighted by atomic mass is 32.2. The number of hydrogen-bond donors (Lipinski definition) is 1. The summed E-state index contributed by atoms with van der Waals surface area (Å²) in [5, 5.41) is 4.31. The van der Waals surface area contributed by atoms with Gasteiger partial charge in [0.1, 0.15) is 0 Å². The molecule has 0 aliphatic carbocycles. The van der Waals surface area contributed by atoms with E-state index in [1.165, 1.54) is 12.8 Å². The van der Waals surface area contributed by atoms with Crippen molar-refractivity contribution >= 4 is 22.8 Å². The SMILES string of the molecule is CCC1(CC)CN=C(NCCC(=O)N2CCOCC2)SC1. The number of aliphatic imine (C=N–C) groups is 1. The van der Waals surface area contributed by atoms with Crippen molar-refractivity contribution in [2.75, 3.05) is 45.1 Å². The van der Waals surface area contributed by atoms with E-state index in [0.717, 1.165) is 30.6 Å². The maximum Gasteiger partial charge on any atom is 0.224 e. The zero-order chi connectivity index (χ0) is 15.1. The molecular weight excluding hydrogens is 286 g/mol. The van der Waals surface area contributed by atoms with Crippen LogP contribution in [-0.4, -0.2) is 61.1 Å². The highest BCUT2D eigenvalue weighted by Crippen LogP contribution is 2.34. The summed E-state index contributed by atoms with van der Waals surface area (Å²) < 4.78 is 5.26. The van der Waals surface area contributed by atoms with Gasteiger partial charge in [-0.05, 0) is 18.3 Å². The van der Waals surface area contributed by atoms with Crippen LogP contribution in [0.25, 0.3) is 0 Å². The number of morpholine rings is 1. The van der Waals surface area contributed by atoms with Crippen molar-refractivity contribution in [3.8, 4) is 0 Å². The minimum absolute atomic E-state index is 0.212. The molecule has 2 aliphatic heterocycles. The van der Waals surface area contributed by atoms with E-state index in [9.17, 15) is 4.79 Å². The normalized spacial score (nSPS) is 21.8. The van der Waals surface area contributed by atoms with Gasteiger partial charge in [0.2, 0.25) is 5.91 Å². The first-order valence-corrected chi connectivity index (χ1v) is 8.94. The highest BCUT2D eigenvalue weighted by molar-refractivity contribution is 8.13. The molecule has 0 unspecified atom stereocenters. The largest absolute Gasteiger partial charge is 0.378 e. The molecule has 2 rings (SSSR count). The fraction of sp³-hybridized carbons (Fsp3) is 0.867. The lowest BCUT2D eigenvalue weighted by atomic mass is 9.84. The van der Waals surface area contributed by atoms with E-state index >= 15 is 0 Å². The number of ether oxygens (including phenoxy) is 1. The molecule has 0 spiro atoms. The fourth-order valence-electron chi connectivity index (χ4n) is 2.58. The minimum Gasteiger partial charge on any atom is -0.378 e. The number of hydrogen-bond acceptors (Lipinski definition) is 5. The molecule has 0 saturated carbocycles. The standard InChI is InChI=1S/C15H27N3O2S/c1-3-15(4-2)11-17-14(21-12-15)16-6-5-13(19)18-7-9-20-10-8-18/h3-12H2,1-2H3,(H,16,17). The molecule has 21 heavy (non-hydrogen) atoms. The number of carbonyl (C=O) groups excluding carboxylic acids is 1. The van der Waals surface area contributed by atoms with E-state index in [1.807, 2.05) is 4.90 Å². The summed E-state index contributed by atoms with van der Waals surface area (Å²) in [5.74, 6) is 1.34. The molecule has 0 atom stereocenters. The maximum absolute atomic E-state index is 12.0. The molecule has 1 fully saturated rings. The van der Waals surface area contributed by atoms with Gasteiger partial charge in [-0.1, -0.05) is 25.6 Å². The molecule has 2 aliphatic rings. The second-order valence-corrected chi connectivity index (χ2v) is 6.75. The van der Waals surface area contributed by atoms with Gasteiger partial charge in [0.05, 0.1) is 13.2 Å². The average molecular weight is 313 g/mol. The predicted octanol–water partition coefficient (Wildman–Crippen LogP) is 1.73. The third kappa shape index (κ3) is 4.61. The monoisotopic (exact) mass is 313 g/mol. The molecule has 0 aromatic heterocycles. The summed E-state index contributed by atoms with van der Waals surface area (Å²) >= 11 is 1.80. The second-order valence-electron chi connectivity index (χ2n) is 5.79. The van der Waals surface area contributed by atoms with Crippen LogP contribution in [0.3, 0.4) is 0 Å². The number of amidine groups is 1. The molecule has 0 radical (unpaired) electrons. The van der Waals surface area contributed by atoms with E-state index in [0.29, 0.717) is 31.6 Å². The van der Waals surface area contributed by atoms with Gasteiger partial charge in [-0.2, -0.15) is 0 Å². The van der Waals surface area contributed by atoms with Crippen LogP contribution >= 0.6 is 11.8 Å². The van der Waals surface area contributed by atoms with Crippen LogP contribution in [0.4, 0.5) is 0 Å². The van der Waals surface area contributed by atoms with E-state index in [2.05, 4.69) is 24.2 Å². The van der Waals surface area contributed by atoms with Gasteiger partial charge in [0, 0.05) is 38.4 Å². The Balaban J connectivity index is 1.69. The van der Waals surface area contributed by atoms with E-state index in [1.54, 1.807) is 11.8 Å². The Morgan fingerprint density at radius 3 is 2.67 bits per heavy atom. The number of carbonyl (C=O) groups is 1. The van der Waals surface area contributed by atoms with Crippen LogP contribution < -0.4 is 5.32 Å². The summed E-state index contributed by atoms with van der Waals surface area (Å²) in [6.07, 6.45) is 2.90. The Morgan fingerprint density at radius 1 is 1.38 bits per heavy atom. The molecule has 1 amide bonds. The molecule has 120 valence electrons. The molecule has 2 heterocycles. The molecule has 0 aromatic carbocycles. The van der Waals surface area contributed by atoms with Crippen LogP contribution in [0.15, 0.2) is 4.99 Å². The summed E-state index contributed by atoms with van der Waals surface area (Å²) in [6, 6.07) is 0. The molecule has 1 N–H and O–H groups in total. The first kappa shape index (κ1) is 16.6. The fourth-order valence-corrected chi connectivity index (χ4v) is 3.89. The quantitative estimate of drug-likeness (QED) is 0.840. The third-order valence-electron chi connectivity index (χ3n) is 4.55. The highest BCUT2D eigenvalue weighted by Gasteiger charge is 2.30. The van der Waals surface area contributed by atoms with Gasteiger partial charge in [0.25, 0.3) is 0 Å². The molecular formula is C15H27N3O2S. The maximum atomic E-state index is 12.0. The molecule has 5 nitrogen and oxygen atoms in total. The molecule has 6 heteroatoms. The van der Waals surface area contributed by atoms with E-state index in [-0.39, 0.29) is 5.91 Å². The van der Waals surface area contributed by atoms with Crippen molar-refractivity contribution in [3.63, 3.8) is 0 Å². The Bertz CT molecular complexity index is 377. The number of nitrogens with zero attached hydrogens (tertiary/aromatic N) is 2. The van der Waals surface area contributed by atoms with E-state index < -0.39 is 0 Å². The van der Waals surface area contributed by atoms with Gasteiger partial charge in [-0.15, -0.1) is 0 Å². The van der Waals surface area contributed by atoms with Gasteiger partial charge in [0.15, 0.2) is 5.17 Å². The third-order valence-corrected chi connectivity index (χ3v) is 5.86. The molecule has 0 bridgehead atoms.